The molecule has 3 heterocycles. The first kappa shape index (κ1) is 16.6. The van der Waals surface area contributed by atoms with Crippen LogP contribution in [-0.2, 0) is 10.3 Å². The zero-order valence-electron chi connectivity index (χ0n) is 15.8. The number of hydrogen-bond acceptors (Lipinski definition) is 3. The van der Waals surface area contributed by atoms with E-state index in [0.29, 0.717) is 5.92 Å². The van der Waals surface area contributed by atoms with Gasteiger partial charge in [0, 0.05) is 18.7 Å². The number of fused-ring (bicyclic) bond motifs is 2. The Labute approximate surface area is 149 Å². The minimum Gasteiger partial charge on any atom is -0.344 e. The number of carbonyl (C=O) groups is 1. The molecular weight excluding hydrogens is 312 g/mol. The maximum atomic E-state index is 13.0. The first-order chi connectivity index (χ1) is 11.8. The van der Waals surface area contributed by atoms with E-state index in [-0.39, 0.29) is 17.2 Å². The molecule has 5 heteroatoms. The van der Waals surface area contributed by atoms with Crippen LogP contribution in [-0.4, -0.2) is 28.4 Å². The number of pyridine rings is 1. The first-order valence-corrected chi connectivity index (χ1v) is 9.29. The molecular formula is C20H28N4O. The number of piperidine rings is 1. The van der Waals surface area contributed by atoms with E-state index in [1.165, 1.54) is 5.56 Å². The summed E-state index contributed by atoms with van der Waals surface area (Å²) in [5, 5.41) is 6.73. The zero-order valence-corrected chi connectivity index (χ0v) is 15.8. The predicted octanol–water partition coefficient (Wildman–Crippen LogP) is 2.55. The zero-order chi connectivity index (χ0) is 18.0. The number of aromatic nitrogens is 2. The molecule has 0 radical (unpaired) electrons. The Balaban J connectivity index is 1.63. The van der Waals surface area contributed by atoms with E-state index in [1.54, 1.807) is 0 Å². The number of hydrogen-bond donors (Lipinski definition) is 2. The molecule has 0 bridgehead atoms. The van der Waals surface area contributed by atoms with E-state index in [0.717, 1.165) is 36.5 Å². The Kier molecular flexibility index (Phi) is 3.52. The van der Waals surface area contributed by atoms with Gasteiger partial charge in [-0.1, -0.05) is 13.0 Å². The third kappa shape index (κ3) is 2.25. The van der Waals surface area contributed by atoms with Crippen LogP contribution in [0.4, 0.5) is 0 Å². The molecule has 2 N–H and O–H groups in total. The van der Waals surface area contributed by atoms with Gasteiger partial charge in [0.1, 0.15) is 5.82 Å². The maximum Gasteiger partial charge on any atom is 0.224 e. The van der Waals surface area contributed by atoms with Crippen molar-refractivity contribution < 1.29 is 4.79 Å². The van der Waals surface area contributed by atoms with Gasteiger partial charge in [0.25, 0.3) is 0 Å². The summed E-state index contributed by atoms with van der Waals surface area (Å²) >= 11 is 0. The van der Waals surface area contributed by atoms with Gasteiger partial charge in [0.2, 0.25) is 5.91 Å². The number of rotatable bonds is 4. The Hall–Kier alpha value is -1.88. The molecule has 5 nitrogen and oxygen atoms in total. The highest BCUT2D eigenvalue weighted by atomic mass is 16.2. The van der Waals surface area contributed by atoms with Crippen molar-refractivity contribution >= 4 is 11.4 Å². The molecule has 2 aromatic rings. The standard InChI is InChI=1S/C20H28N4O/c1-6-20-11-21-10-14(20)15(20)17(25)23-19(4,5)18-22-13(3)16-12(2)8-7-9-24(16)18/h7-9,14-15,21H,6,10-11H2,1-5H3,(H,23,25). The molecule has 25 heavy (non-hydrogen) atoms. The lowest BCUT2D eigenvalue weighted by molar-refractivity contribution is -0.125. The average Bonchev–Trinajstić information content (AvgIpc) is 2.84. The summed E-state index contributed by atoms with van der Waals surface area (Å²) in [5.41, 5.74) is 3.02. The molecule has 1 aliphatic carbocycles. The fourth-order valence-corrected chi connectivity index (χ4v) is 5.05. The predicted molar refractivity (Wildman–Crippen MR) is 98.4 cm³/mol. The second kappa shape index (κ2) is 5.31. The van der Waals surface area contributed by atoms with Gasteiger partial charge in [-0.05, 0) is 63.6 Å². The van der Waals surface area contributed by atoms with E-state index in [1.807, 2.05) is 19.2 Å². The molecule has 2 aromatic heterocycles. The molecule has 3 atom stereocenters. The summed E-state index contributed by atoms with van der Waals surface area (Å²) in [6.45, 7) is 12.4. The van der Waals surface area contributed by atoms with Gasteiger partial charge in [0.15, 0.2) is 0 Å². The second-order valence-electron chi connectivity index (χ2n) is 8.35. The van der Waals surface area contributed by atoms with Gasteiger partial charge in [-0.3, -0.25) is 4.79 Å². The van der Waals surface area contributed by atoms with E-state index in [9.17, 15) is 4.79 Å². The van der Waals surface area contributed by atoms with Gasteiger partial charge in [-0.2, -0.15) is 0 Å². The summed E-state index contributed by atoms with van der Waals surface area (Å²) in [6.07, 6.45) is 3.10. The van der Waals surface area contributed by atoms with Crippen molar-refractivity contribution in [1.82, 2.24) is 20.0 Å². The highest BCUT2D eigenvalue weighted by Gasteiger charge is 2.68. The molecule has 4 rings (SSSR count). The third-order valence-electron chi connectivity index (χ3n) is 6.45. The molecule has 1 saturated carbocycles. The maximum absolute atomic E-state index is 13.0. The number of nitrogens with one attached hydrogen (secondary N) is 2. The van der Waals surface area contributed by atoms with Crippen molar-refractivity contribution in [1.29, 1.82) is 0 Å². The van der Waals surface area contributed by atoms with Crippen LogP contribution in [0.25, 0.3) is 5.52 Å². The van der Waals surface area contributed by atoms with Crippen molar-refractivity contribution in [3.63, 3.8) is 0 Å². The second-order valence-corrected chi connectivity index (χ2v) is 8.35. The van der Waals surface area contributed by atoms with Crippen molar-refractivity contribution in [2.75, 3.05) is 13.1 Å². The average molecular weight is 340 g/mol. The smallest absolute Gasteiger partial charge is 0.224 e. The Bertz CT molecular complexity index is 853. The molecule has 134 valence electrons. The van der Waals surface area contributed by atoms with E-state index < -0.39 is 5.54 Å². The molecule has 0 spiro atoms. The van der Waals surface area contributed by atoms with Crippen LogP contribution >= 0.6 is 0 Å². The van der Waals surface area contributed by atoms with Gasteiger partial charge in [-0.15, -0.1) is 0 Å². The van der Waals surface area contributed by atoms with E-state index in [2.05, 4.69) is 48.8 Å². The van der Waals surface area contributed by atoms with Crippen molar-refractivity contribution in [3.8, 4) is 0 Å². The van der Waals surface area contributed by atoms with Crippen LogP contribution in [0.2, 0.25) is 0 Å². The molecule has 2 fully saturated rings. The summed E-state index contributed by atoms with van der Waals surface area (Å²) in [5.74, 6) is 1.72. The Morgan fingerprint density at radius 2 is 2.24 bits per heavy atom. The Morgan fingerprint density at radius 1 is 1.48 bits per heavy atom. The third-order valence-corrected chi connectivity index (χ3v) is 6.45. The largest absolute Gasteiger partial charge is 0.344 e. The van der Waals surface area contributed by atoms with Crippen LogP contribution in [0.15, 0.2) is 18.3 Å². The van der Waals surface area contributed by atoms with Crippen molar-refractivity contribution in [2.24, 2.45) is 17.3 Å². The van der Waals surface area contributed by atoms with Crippen LogP contribution in [0, 0.1) is 31.1 Å². The lowest BCUT2D eigenvalue weighted by Gasteiger charge is -2.26. The van der Waals surface area contributed by atoms with Crippen molar-refractivity contribution in [2.45, 2.75) is 46.6 Å². The summed E-state index contributed by atoms with van der Waals surface area (Å²) in [4.78, 5) is 17.8. The van der Waals surface area contributed by atoms with E-state index >= 15 is 0 Å². The van der Waals surface area contributed by atoms with Crippen LogP contribution in [0.1, 0.15) is 44.3 Å². The molecule has 1 saturated heterocycles. The first-order valence-electron chi connectivity index (χ1n) is 9.29. The monoisotopic (exact) mass is 340 g/mol. The molecule has 3 unspecified atom stereocenters. The summed E-state index contributed by atoms with van der Waals surface area (Å²) < 4.78 is 2.12. The van der Waals surface area contributed by atoms with Gasteiger partial charge >= 0.3 is 0 Å². The summed E-state index contributed by atoms with van der Waals surface area (Å²) in [6, 6.07) is 4.14. The van der Waals surface area contributed by atoms with Gasteiger partial charge in [-0.25, -0.2) is 4.98 Å². The minimum absolute atomic E-state index is 0.145. The number of imidazole rings is 1. The lowest BCUT2D eigenvalue weighted by atomic mass is 9.98. The number of aryl methyl sites for hydroxylation is 2. The fourth-order valence-electron chi connectivity index (χ4n) is 5.05. The number of nitrogens with zero attached hydrogens (tertiary/aromatic N) is 2. The number of amides is 1. The summed E-state index contributed by atoms with van der Waals surface area (Å²) in [7, 11) is 0. The van der Waals surface area contributed by atoms with Crippen LogP contribution in [0.3, 0.4) is 0 Å². The molecule has 1 amide bonds. The number of carbonyl (C=O) groups excluding carboxylic acids is 1. The topological polar surface area (TPSA) is 58.4 Å². The fraction of sp³-hybridized carbons (Fsp3) is 0.600. The van der Waals surface area contributed by atoms with E-state index in [4.69, 9.17) is 4.98 Å². The normalized spacial score (nSPS) is 28.2. The Morgan fingerprint density at radius 3 is 2.92 bits per heavy atom. The highest BCUT2D eigenvalue weighted by Crippen LogP contribution is 2.63. The molecule has 1 aliphatic heterocycles. The van der Waals surface area contributed by atoms with Crippen LogP contribution in [0.5, 0.6) is 0 Å². The molecule has 2 aliphatic rings. The molecule has 0 aromatic carbocycles. The van der Waals surface area contributed by atoms with Gasteiger partial charge < -0.3 is 15.0 Å². The SMILES string of the molecule is CCC12CNCC1C2C(=O)NC(C)(C)c1nc(C)c2c(C)cccn12. The van der Waals surface area contributed by atoms with Gasteiger partial charge in [0.05, 0.1) is 16.7 Å². The van der Waals surface area contributed by atoms with Crippen LogP contribution < -0.4 is 10.6 Å². The highest BCUT2D eigenvalue weighted by molar-refractivity contribution is 5.84. The minimum atomic E-state index is -0.513. The quantitative estimate of drug-likeness (QED) is 0.899. The van der Waals surface area contributed by atoms with Crippen molar-refractivity contribution in [3.05, 3.63) is 35.4 Å². The lowest BCUT2D eigenvalue weighted by Crippen LogP contribution is -2.45.